The lowest BCUT2D eigenvalue weighted by molar-refractivity contribution is -0.00576. The molecule has 2 aromatic rings. The monoisotopic (exact) mass is 414 g/mol. The fourth-order valence-corrected chi connectivity index (χ4v) is 4.43. The van der Waals surface area contributed by atoms with Crippen molar-refractivity contribution in [2.45, 2.75) is 52.2 Å². The van der Waals surface area contributed by atoms with Crippen LogP contribution in [0.25, 0.3) is 0 Å². The summed E-state index contributed by atoms with van der Waals surface area (Å²) in [7, 11) is 1.60. The van der Waals surface area contributed by atoms with Crippen molar-refractivity contribution >= 4 is 5.95 Å². The number of aliphatic hydroxyl groups excluding tert-OH is 1. The minimum Gasteiger partial charge on any atom is -0.496 e. The molecule has 0 radical (unpaired) electrons. The van der Waals surface area contributed by atoms with Crippen LogP contribution in [0.5, 0.6) is 5.75 Å². The van der Waals surface area contributed by atoms with Crippen LogP contribution < -0.4 is 15.2 Å². The van der Waals surface area contributed by atoms with E-state index in [9.17, 15) is 9.90 Å². The van der Waals surface area contributed by atoms with Crippen LogP contribution in [0.2, 0.25) is 0 Å². The Balaban J connectivity index is 1.53. The van der Waals surface area contributed by atoms with E-state index >= 15 is 0 Å². The van der Waals surface area contributed by atoms with Gasteiger partial charge in [-0.3, -0.25) is 14.7 Å². The zero-order chi connectivity index (χ0) is 21.3. The number of ether oxygens (including phenoxy) is 2. The molecule has 0 aliphatic carbocycles. The third-order valence-electron chi connectivity index (χ3n) is 5.78. The summed E-state index contributed by atoms with van der Waals surface area (Å²) in [6.07, 6.45) is 0.876. The van der Waals surface area contributed by atoms with Crippen molar-refractivity contribution < 1.29 is 14.6 Å². The number of methoxy groups -OCH3 is 1. The van der Waals surface area contributed by atoms with Gasteiger partial charge in [-0.1, -0.05) is 6.07 Å². The Bertz CT molecular complexity index is 951. The molecule has 8 heteroatoms. The molecule has 2 aliphatic rings. The number of morpholine rings is 1. The zero-order valence-corrected chi connectivity index (χ0v) is 17.9. The van der Waals surface area contributed by atoms with Crippen LogP contribution >= 0.6 is 0 Å². The number of aliphatic hydroxyl groups is 1. The number of aromatic nitrogens is 2. The lowest BCUT2D eigenvalue weighted by Gasteiger charge is -2.36. The van der Waals surface area contributed by atoms with E-state index in [4.69, 9.17) is 14.5 Å². The van der Waals surface area contributed by atoms with Gasteiger partial charge in [0.2, 0.25) is 5.95 Å². The van der Waals surface area contributed by atoms with Gasteiger partial charge >= 0.3 is 0 Å². The molecular formula is C22H30N4O4. The molecule has 8 nitrogen and oxygen atoms in total. The molecule has 2 N–H and O–H groups in total. The van der Waals surface area contributed by atoms with Crippen LogP contribution in [-0.2, 0) is 30.9 Å². The van der Waals surface area contributed by atoms with Gasteiger partial charge < -0.3 is 19.5 Å². The summed E-state index contributed by atoms with van der Waals surface area (Å²) in [5.41, 5.74) is 3.48. The van der Waals surface area contributed by atoms with E-state index in [2.05, 4.69) is 14.8 Å². The Kier molecular flexibility index (Phi) is 6.08. The second-order valence-electron chi connectivity index (χ2n) is 8.24. The smallest absolute Gasteiger partial charge is 0.255 e. The zero-order valence-electron chi connectivity index (χ0n) is 17.9. The third-order valence-corrected chi connectivity index (χ3v) is 5.78. The molecule has 3 heterocycles. The van der Waals surface area contributed by atoms with E-state index in [0.29, 0.717) is 37.8 Å². The quantitative estimate of drug-likeness (QED) is 0.765. The van der Waals surface area contributed by atoms with Gasteiger partial charge in [0, 0.05) is 43.9 Å². The number of aromatic amines is 1. The highest BCUT2D eigenvalue weighted by Crippen LogP contribution is 2.24. The molecule has 30 heavy (non-hydrogen) atoms. The van der Waals surface area contributed by atoms with Crippen molar-refractivity contribution in [2.24, 2.45) is 0 Å². The molecule has 162 valence electrons. The highest BCUT2D eigenvalue weighted by atomic mass is 16.5. The second kappa shape index (κ2) is 8.75. The molecular weight excluding hydrogens is 384 g/mol. The highest BCUT2D eigenvalue weighted by Gasteiger charge is 2.27. The normalized spacial score (nSPS) is 22.1. The van der Waals surface area contributed by atoms with Crippen molar-refractivity contribution in [1.82, 2.24) is 14.9 Å². The van der Waals surface area contributed by atoms with Crippen molar-refractivity contribution in [1.29, 1.82) is 0 Å². The van der Waals surface area contributed by atoms with Gasteiger partial charge in [-0.15, -0.1) is 0 Å². The molecule has 0 spiro atoms. The molecule has 2 atom stereocenters. The molecule has 0 amide bonds. The van der Waals surface area contributed by atoms with Crippen molar-refractivity contribution in [3.63, 3.8) is 0 Å². The Morgan fingerprint density at radius 1 is 1.30 bits per heavy atom. The molecule has 1 aromatic carbocycles. The van der Waals surface area contributed by atoms with Crippen LogP contribution in [-0.4, -0.2) is 58.9 Å². The first-order valence-electron chi connectivity index (χ1n) is 10.5. The standard InChI is InChI=1S/C22H30N4O4/c1-14-9-26(10-15(2)30-14)22-23-19-12-25(7-6-18(19)21(28)24-22)11-16-4-5-20(29-3)17(8-16)13-27/h4-5,8,14-15,27H,6-7,9-13H2,1-3H3,(H,23,24,28). The lowest BCUT2D eigenvalue weighted by atomic mass is 10.0. The average Bonchev–Trinajstić information content (AvgIpc) is 2.72. The first-order valence-corrected chi connectivity index (χ1v) is 10.5. The minimum atomic E-state index is -0.0590. The molecule has 2 aliphatic heterocycles. The van der Waals surface area contributed by atoms with Crippen LogP contribution in [0.3, 0.4) is 0 Å². The SMILES string of the molecule is COc1ccc(CN2CCc3c(nc(N4CC(C)OC(C)C4)[nH]c3=O)C2)cc1CO. The molecule has 2 unspecified atom stereocenters. The lowest BCUT2D eigenvalue weighted by Crippen LogP contribution is -2.47. The predicted octanol–water partition coefficient (Wildman–Crippen LogP) is 1.44. The van der Waals surface area contributed by atoms with E-state index in [0.717, 1.165) is 35.5 Å². The van der Waals surface area contributed by atoms with E-state index in [-0.39, 0.29) is 24.4 Å². The van der Waals surface area contributed by atoms with E-state index in [1.807, 2.05) is 32.0 Å². The number of nitrogens with one attached hydrogen (secondary N) is 1. The average molecular weight is 415 g/mol. The van der Waals surface area contributed by atoms with Gasteiger partial charge in [0.15, 0.2) is 0 Å². The summed E-state index contributed by atoms with van der Waals surface area (Å²) < 4.78 is 11.1. The van der Waals surface area contributed by atoms with E-state index in [1.54, 1.807) is 7.11 Å². The first kappa shape index (κ1) is 20.8. The van der Waals surface area contributed by atoms with Crippen LogP contribution in [0.1, 0.15) is 36.2 Å². The molecule has 4 rings (SSSR count). The summed E-state index contributed by atoms with van der Waals surface area (Å²) >= 11 is 0. The van der Waals surface area contributed by atoms with Crippen LogP contribution in [0.15, 0.2) is 23.0 Å². The number of benzene rings is 1. The fraction of sp³-hybridized carbons (Fsp3) is 0.545. The fourth-order valence-electron chi connectivity index (χ4n) is 4.43. The summed E-state index contributed by atoms with van der Waals surface area (Å²) in [4.78, 5) is 24.9. The number of H-pyrrole nitrogens is 1. The van der Waals surface area contributed by atoms with Crippen molar-refractivity contribution in [3.05, 3.63) is 50.9 Å². The first-order chi connectivity index (χ1) is 14.5. The predicted molar refractivity (Wildman–Crippen MR) is 114 cm³/mol. The molecule has 0 bridgehead atoms. The Hall–Kier alpha value is -2.42. The molecule has 1 aromatic heterocycles. The van der Waals surface area contributed by atoms with Crippen LogP contribution in [0.4, 0.5) is 5.95 Å². The number of nitrogens with zero attached hydrogens (tertiary/aromatic N) is 3. The van der Waals surface area contributed by atoms with Crippen molar-refractivity contribution in [3.8, 4) is 5.75 Å². The molecule has 1 fully saturated rings. The Morgan fingerprint density at radius 2 is 2.07 bits per heavy atom. The second-order valence-corrected chi connectivity index (χ2v) is 8.24. The Labute approximate surface area is 176 Å². The van der Waals surface area contributed by atoms with E-state index < -0.39 is 0 Å². The highest BCUT2D eigenvalue weighted by molar-refractivity contribution is 5.38. The van der Waals surface area contributed by atoms with E-state index in [1.165, 1.54) is 0 Å². The topological polar surface area (TPSA) is 90.9 Å². The van der Waals surface area contributed by atoms with Gasteiger partial charge in [0.1, 0.15) is 5.75 Å². The number of anilines is 1. The minimum absolute atomic E-state index is 0.0338. The van der Waals surface area contributed by atoms with Gasteiger partial charge in [-0.05, 0) is 38.0 Å². The largest absolute Gasteiger partial charge is 0.496 e. The van der Waals surface area contributed by atoms with Gasteiger partial charge in [0.25, 0.3) is 5.56 Å². The maximum Gasteiger partial charge on any atom is 0.255 e. The van der Waals surface area contributed by atoms with Gasteiger partial charge in [-0.2, -0.15) is 0 Å². The van der Waals surface area contributed by atoms with Crippen molar-refractivity contribution in [2.75, 3.05) is 31.6 Å². The molecule has 1 saturated heterocycles. The Morgan fingerprint density at radius 3 is 2.77 bits per heavy atom. The number of fused-ring (bicyclic) bond motifs is 1. The molecule has 0 saturated carbocycles. The number of rotatable bonds is 5. The maximum atomic E-state index is 12.7. The van der Waals surface area contributed by atoms with Crippen LogP contribution in [0, 0.1) is 0 Å². The summed E-state index contributed by atoms with van der Waals surface area (Å²) in [6, 6.07) is 5.88. The summed E-state index contributed by atoms with van der Waals surface area (Å²) in [5, 5.41) is 9.58. The van der Waals surface area contributed by atoms with Gasteiger partial charge in [0.05, 0.1) is 31.6 Å². The maximum absolute atomic E-state index is 12.7. The number of hydrogen-bond acceptors (Lipinski definition) is 7. The third kappa shape index (κ3) is 4.35. The summed E-state index contributed by atoms with van der Waals surface area (Å²) in [6.45, 7) is 7.59. The number of hydrogen-bond donors (Lipinski definition) is 2. The van der Waals surface area contributed by atoms with Gasteiger partial charge in [-0.25, -0.2) is 4.98 Å². The summed E-state index contributed by atoms with van der Waals surface area (Å²) in [5.74, 6) is 1.33.